The van der Waals surface area contributed by atoms with Gasteiger partial charge in [0, 0.05) is 37.2 Å². The van der Waals surface area contributed by atoms with Crippen molar-refractivity contribution in [2.45, 2.75) is 50.6 Å². The summed E-state index contributed by atoms with van der Waals surface area (Å²) in [5.74, 6) is -0.128. The second kappa shape index (κ2) is 9.88. The van der Waals surface area contributed by atoms with Gasteiger partial charge in [0.15, 0.2) is 0 Å². The number of carbonyl (C=O) groups is 2. The van der Waals surface area contributed by atoms with Crippen molar-refractivity contribution in [2.24, 2.45) is 5.92 Å². The lowest BCUT2D eigenvalue weighted by Crippen LogP contribution is -2.40. The molecule has 2 aliphatic heterocycles. The highest BCUT2D eigenvalue weighted by Gasteiger charge is 2.34. The van der Waals surface area contributed by atoms with E-state index in [1.165, 1.54) is 31.0 Å². The van der Waals surface area contributed by atoms with Crippen LogP contribution in [0.1, 0.15) is 48.9 Å². The Morgan fingerprint density at radius 3 is 2.50 bits per heavy atom. The molecule has 3 N–H and O–H groups in total. The van der Waals surface area contributed by atoms with Crippen LogP contribution in [0.2, 0.25) is 0 Å². The topological polar surface area (TPSA) is 70.2 Å². The Labute approximate surface area is 159 Å². The van der Waals surface area contributed by atoms with Crippen molar-refractivity contribution in [1.82, 2.24) is 16.0 Å². The van der Waals surface area contributed by atoms with Gasteiger partial charge in [0.1, 0.15) is 5.82 Å². The summed E-state index contributed by atoms with van der Waals surface area (Å²) in [4.78, 5) is 23.9. The Morgan fingerprint density at radius 1 is 1.12 bits per heavy atom. The summed E-state index contributed by atoms with van der Waals surface area (Å²) >= 11 is 0. The molecule has 2 heterocycles. The van der Waals surface area contributed by atoms with Gasteiger partial charge >= 0.3 is 0 Å². The van der Waals surface area contributed by atoms with Crippen LogP contribution in [0.25, 0.3) is 0 Å². The molecule has 7 heteroatoms. The Bertz CT molecular complexity index is 617. The van der Waals surface area contributed by atoms with E-state index >= 15 is 0 Å². The van der Waals surface area contributed by atoms with E-state index < -0.39 is 5.82 Å². The molecule has 2 saturated heterocycles. The number of amides is 2. The van der Waals surface area contributed by atoms with E-state index in [2.05, 4.69) is 16.0 Å². The second-order valence-electron chi connectivity index (χ2n) is 7.15. The van der Waals surface area contributed by atoms with E-state index in [0.717, 1.165) is 12.8 Å². The molecule has 1 aromatic carbocycles. The van der Waals surface area contributed by atoms with Crippen LogP contribution in [0.4, 0.5) is 4.39 Å². The molecule has 3 rings (SSSR count). The first-order valence-electron chi connectivity index (χ1n) is 9.16. The summed E-state index contributed by atoms with van der Waals surface area (Å²) < 4.78 is 13.1. The molecule has 0 saturated carbocycles. The van der Waals surface area contributed by atoms with Crippen LogP contribution < -0.4 is 16.0 Å². The van der Waals surface area contributed by atoms with Crippen molar-refractivity contribution in [3.05, 3.63) is 35.6 Å². The van der Waals surface area contributed by atoms with Crippen molar-refractivity contribution in [2.75, 3.05) is 13.1 Å². The molecule has 2 fully saturated rings. The second-order valence-corrected chi connectivity index (χ2v) is 7.15. The zero-order valence-corrected chi connectivity index (χ0v) is 15.6. The third-order valence-electron chi connectivity index (χ3n) is 5.09. The largest absolute Gasteiger partial charge is 0.356 e. The number of nitrogens with one attached hydrogen (secondary N) is 3. The SMILES string of the molecule is Cl.O=C(CC1CC2CCC(C1)N2)NCCCNC(=O)c1cccc(F)c1. The number of fused-ring (bicyclic) bond motifs is 2. The number of rotatable bonds is 7. The van der Waals surface area contributed by atoms with E-state index in [0.29, 0.717) is 49.5 Å². The third-order valence-corrected chi connectivity index (χ3v) is 5.09. The Balaban J connectivity index is 0.00000243. The molecule has 144 valence electrons. The van der Waals surface area contributed by atoms with E-state index in [9.17, 15) is 14.0 Å². The van der Waals surface area contributed by atoms with Gasteiger partial charge in [-0.05, 0) is 56.2 Å². The maximum atomic E-state index is 13.1. The molecule has 2 amide bonds. The minimum absolute atomic E-state index is 0. The molecule has 0 radical (unpaired) electrons. The van der Waals surface area contributed by atoms with Gasteiger partial charge in [-0.2, -0.15) is 0 Å². The van der Waals surface area contributed by atoms with E-state index in [1.54, 1.807) is 6.07 Å². The maximum Gasteiger partial charge on any atom is 0.251 e. The van der Waals surface area contributed by atoms with Crippen LogP contribution in [0.5, 0.6) is 0 Å². The number of hydrogen-bond acceptors (Lipinski definition) is 3. The smallest absolute Gasteiger partial charge is 0.251 e. The summed E-state index contributed by atoms with van der Waals surface area (Å²) in [6, 6.07) is 6.82. The van der Waals surface area contributed by atoms with E-state index in [1.807, 2.05) is 0 Å². The normalized spacial score (nSPS) is 23.8. The molecular weight excluding hydrogens is 357 g/mol. The third kappa shape index (κ3) is 5.95. The molecule has 5 nitrogen and oxygen atoms in total. The van der Waals surface area contributed by atoms with Crippen molar-refractivity contribution in [1.29, 1.82) is 0 Å². The zero-order chi connectivity index (χ0) is 17.6. The van der Waals surface area contributed by atoms with E-state index in [-0.39, 0.29) is 24.2 Å². The van der Waals surface area contributed by atoms with Gasteiger partial charge in [0.25, 0.3) is 5.91 Å². The zero-order valence-electron chi connectivity index (χ0n) is 14.8. The summed E-state index contributed by atoms with van der Waals surface area (Å²) in [7, 11) is 0. The number of hydrogen-bond donors (Lipinski definition) is 3. The first-order chi connectivity index (χ1) is 12.1. The van der Waals surface area contributed by atoms with Gasteiger partial charge in [-0.3, -0.25) is 9.59 Å². The van der Waals surface area contributed by atoms with Gasteiger partial charge in [-0.1, -0.05) is 6.07 Å². The molecule has 2 unspecified atom stereocenters. The van der Waals surface area contributed by atoms with Crippen LogP contribution in [0.15, 0.2) is 24.3 Å². The van der Waals surface area contributed by atoms with Gasteiger partial charge < -0.3 is 16.0 Å². The Kier molecular flexibility index (Phi) is 7.85. The molecular formula is C19H27ClFN3O2. The van der Waals surface area contributed by atoms with Crippen LogP contribution in [-0.4, -0.2) is 37.0 Å². The fourth-order valence-corrected chi connectivity index (χ4v) is 3.93. The molecule has 0 aromatic heterocycles. The number of piperidine rings is 1. The van der Waals surface area contributed by atoms with Gasteiger partial charge in [0.2, 0.25) is 5.91 Å². The summed E-state index contributed by atoms with van der Waals surface area (Å²) in [6.07, 6.45) is 5.96. The van der Waals surface area contributed by atoms with Gasteiger partial charge in [0.05, 0.1) is 0 Å². The molecule has 2 aliphatic rings. The van der Waals surface area contributed by atoms with Crippen molar-refractivity contribution >= 4 is 24.2 Å². The van der Waals surface area contributed by atoms with Crippen LogP contribution in [0.3, 0.4) is 0 Å². The molecule has 1 aromatic rings. The van der Waals surface area contributed by atoms with Crippen LogP contribution >= 0.6 is 12.4 Å². The van der Waals surface area contributed by atoms with E-state index in [4.69, 9.17) is 0 Å². The fraction of sp³-hybridized carbons (Fsp3) is 0.579. The maximum absolute atomic E-state index is 13.1. The van der Waals surface area contributed by atoms with Crippen LogP contribution in [0, 0.1) is 11.7 Å². The quantitative estimate of drug-likeness (QED) is 0.633. The monoisotopic (exact) mass is 383 g/mol. The molecule has 0 spiro atoms. The Morgan fingerprint density at radius 2 is 1.81 bits per heavy atom. The lowest BCUT2D eigenvalue weighted by atomic mass is 9.89. The number of benzene rings is 1. The predicted octanol–water partition coefficient (Wildman–Crippen LogP) is 2.40. The summed E-state index contributed by atoms with van der Waals surface area (Å²) in [5, 5.41) is 9.25. The molecule has 0 aliphatic carbocycles. The van der Waals surface area contributed by atoms with Crippen molar-refractivity contribution in [3.8, 4) is 0 Å². The van der Waals surface area contributed by atoms with Crippen molar-refractivity contribution in [3.63, 3.8) is 0 Å². The first kappa shape index (κ1) is 20.6. The average molecular weight is 384 g/mol. The molecule has 26 heavy (non-hydrogen) atoms. The predicted molar refractivity (Wildman–Crippen MR) is 101 cm³/mol. The number of halogens is 2. The standard InChI is InChI=1S/C19H26FN3O2.ClH/c20-15-4-1-3-14(12-15)19(25)22-8-2-7-21-18(24)11-13-9-16-5-6-17(10-13)23-16;/h1,3-4,12-13,16-17,23H,2,5-11H2,(H,21,24)(H,22,25);1H. The van der Waals surface area contributed by atoms with Gasteiger partial charge in [-0.15, -0.1) is 12.4 Å². The highest BCUT2D eigenvalue weighted by atomic mass is 35.5. The number of carbonyl (C=O) groups excluding carboxylic acids is 2. The lowest BCUT2D eigenvalue weighted by molar-refractivity contribution is -0.122. The van der Waals surface area contributed by atoms with Gasteiger partial charge in [-0.25, -0.2) is 4.39 Å². The molecule has 2 atom stereocenters. The molecule has 2 bridgehead atoms. The minimum atomic E-state index is -0.425. The minimum Gasteiger partial charge on any atom is -0.356 e. The Hall–Kier alpha value is -1.66. The summed E-state index contributed by atoms with van der Waals surface area (Å²) in [6.45, 7) is 0.993. The van der Waals surface area contributed by atoms with Crippen molar-refractivity contribution < 1.29 is 14.0 Å². The fourth-order valence-electron chi connectivity index (χ4n) is 3.93. The highest BCUT2D eigenvalue weighted by molar-refractivity contribution is 5.94. The highest BCUT2D eigenvalue weighted by Crippen LogP contribution is 2.32. The first-order valence-corrected chi connectivity index (χ1v) is 9.16. The average Bonchev–Trinajstić information content (AvgIpc) is 2.93. The van der Waals surface area contributed by atoms with Crippen LogP contribution in [-0.2, 0) is 4.79 Å². The lowest BCUT2D eigenvalue weighted by Gasteiger charge is -2.28. The summed E-state index contributed by atoms with van der Waals surface area (Å²) in [5.41, 5.74) is 0.310.